The summed E-state index contributed by atoms with van der Waals surface area (Å²) in [5.74, 6) is -1.12. The average molecular weight is 497 g/mol. The van der Waals surface area contributed by atoms with Crippen LogP contribution < -0.4 is 5.32 Å². The van der Waals surface area contributed by atoms with Gasteiger partial charge in [-0.1, -0.05) is 77.9 Å². The SMILES string of the molecule is COC(=O)[C@@H](Cc1ccccc1)NC(=O)[C@@H](N=Cc1cc(C(C)(C)C)cc(C(C)(C)C)c1O)[C@H](C)O. The Morgan fingerprint density at radius 3 is 2.17 bits per heavy atom. The van der Waals surface area contributed by atoms with E-state index in [0.717, 1.165) is 16.7 Å². The summed E-state index contributed by atoms with van der Waals surface area (Å²) < 4.78 is 4.87. The molecule has 7 heteroatoms. The van der Waals surface area contributed by atoms with Gasteiger partial charge in [0, 0.05) is 23.8 Å². The Labute approximate surface area is 214 Å². The first-order chi connectivity index (χ1) is 16.6. The molecule has 7 nitrogen and oxygen atoms in total. The van der Waals surface area contributed by atoms with E-state index in [4.69, 9.17) is 4.74 Å². The molecule has 2 rings (SSSR count). The van der Waals surface area contributed by atoms with Crippen molar-refractivity contribution >= 4 is 18.1 Å². The third kappa shape index (κ3) is 7.65. The lowest BCUT2D eigenvalue weighted by atomic mass is 9.79. The quantitative estimate of drug-likeness (QED) is 0.377. The van der Waals surface area contributed by atoms with Crippen molar-refractivity contribution in [3.63, 3.8) is 0 Å². The number of ether oxygens (including phenoxy) is 1. The monoisotopic (exact) mass is 496 g/mol. The van der Waals surface area contributed by atoms with Crippen LogP contribution in [0.1, 0.15) is 70.7 Å². The molecule has 2 aromatic carbocycles. The molecule has 0 radical (unpaired) electrons. The van der Waals surface area contributed by atoms with E-state index in [0.29, 0.717) is 5.56 Å². The van der Waals surface area contributed by atoms with Gasteiger partial charge in [0.2, 0.25) is 5.91 Å². The number of nitrogens with zero attached hydrogens (tertiary/aromatic N) is 1. The summed E-state index contributed by atoms with van der Waals surface area (Å²) in [6.45, 7) is 13.7. The normalized spacial score (nSPS) is 14.8. The predicted molar refractivity (Wildman–Crippen MR) is 143 cm³/mol. The number of rotatable bonds is 8. The number of esters is 1. The second-order valence-electron chi connectivity index (χ2n) is 11.2. The van der Waals surface area contributed by atoms with E-state index < -0.39 is 30.1 Å². The lowest BCUT2D eigenvalue weighted by Crippen LogP contribution is -2.49. The van der Waals surface area contributed by atoms with Gasteiger partial charge in [0.15, 0.2) is 6.04 Å². The maximum Gasteiger partial charge on any atom is 0.328 e. The maximum atomic E-state index is 13.1. The molecule has 0 saturated heterocycles. The van der Waals surface area contributed by atoms with Gasteiger partial charge in [-0.2, -0.15) is 0 Å². The minimum atomic E-state index is -1.19. The second-order valence-corrected chi connectivity index (χ2v) is 11.2. The molecule has 0 aliphatic carbocycles. The lowest BCUT2D eigenvalue weighted by molar-refractivity contribution is -0.145. The Bertz CT molecular complexity index is 1080. The Balaban J connectivity index is 2.39. The second kappa shape index (κ2) is 11.7. The van der Waals surface area contributed by atoms with E-state index in [-0.39, 0.29) is 23.0 Å². The first kappa shape index (κ1) is 29.0. The number of benzene rings is 2. The molecule has 0 saturated carbocycles. The number of phenolic OH excluding ortho intramolecular Hbond substituents is 1. The highest BCUT2D eigenvalue weighted by atomic mass is 16.5. The fourth-order valence-corrected chi connectivity index (χ4v) is 3.77. The number of phenols is 1. The van der Waals surface area contributed by atoms with Gasteiger partial charge in [-0.3, -0.25) is 9.79 Å². The van der Waals surface area contributed by atoms with Crippen molar-refractivity contribution < 1.29 is 24.5 Å². The predicted octanol–water partition coefficient (Wildman–Crippen LogP) is 4.06. The summed E-state index contributed by atoms with van der Waals surface area (Å²) in [4.78, 5) is 29.8. The summed E-state index contributed by atoms with van der Waals surface area (Å²) in [5, 5.41) is 24.0. The molecule has 1 amide bonds. The fraction of sp³-hybridized carbons (Fsp3) is 0.483. The van der Waals surface area contributed by atoms with Crippen LogP contribution in [-0.2, 0) is 31.6 Å². The van der Waals surface area contributed by atoms with Crippen LogP contribution in [0.5, 0.6) is 5.75 Å². The third-order valence-corrected chi connectivity index (χ3v) is 6.00. The van der Waals surface area contributed by atoms with Gasteiger partial charge in [-0.25, -0.2) is 4.79 Å². The molecule has 36 heavy (non-hydrogen) atoms. The zero-order valence-electron chi connectivity index (χ0n) is 22.6. The molecule has 2 aromatic rings. The number of hydrogen-bond donors (Lipinski definition) is 3. The zero-order chi connectivity index (χ0) is 27.3. The Morgan fingerprint density at radius 2 is 1.67 bits per heavy atom. The highest BCUT2D eigenvalue weighted by Crippen LogP contribution is 2.37. The van der Waals surface area contributed by atoms with Gasteiger partial charge >= 0.3 is 5.97 Å². The van der Waals surface area contributed by atoms with E-state index in [1.165, 1.54) is 20.2 Å². The van der Waals surface area contributed by atoms with Gasteiger partial charge in [0.05, 0.1) is 13.2 Å². The Kier molecular flexibility index (Phi) is 9.44. The van der Waals surface area contributed by atoms with E-state index in [2.05, 4.69) is 31.1 Å². The smallest absolute Gasteiger partial charge is 0.328 e. The molecule has 3 atom stereocenters. The Morgan fingerprint density at radius 1 is 1.06 bits per heavy atom. The van der Waals surface area contributed by atoms with E-state index in [1.54, 1.807) is 0 Å². The molecule has 0 spiro atoms. The molecular weight excluding hydrogens is 456 g/mol. The molecule has 0 aliphatic heterocycles. The number of methoxy groups -OCH3 is 1. The van der Waals surface area contributed by atoms with Gasteiger partial charge in [-0.05, 0) is 34.9 Å². The van der Waals surface area contributed by atoms with Crippen LogP contribution in [-0.4, -0.2) is 53.6 Å². The van der Waals surface area contributed by atoms with Crippen LogP contribution >= 0.6 is 0 Å². The summed E-state index contributed by atoms with van der Waals surface area (Å²) in [6, 6.07) is 11.0. The third-order valence-electron chi connectivity index (χ3n) is 6.00. The topological polar surface area (TPSA) is 108 Å². The van der Waals surface area contributed by atoms with Crippen LogP contribution in [0.2, 0.25) is 0 Å². The minimum absolute atomic E-state index is 0.0838. The van der Waals surface area contributed by atoms with E-state index in [1.807, 2.05) is 63.2 Å². The summed E-state index contributed by atoms with van der Waals surface area (Å²) in [7, 11) is 1.26. The number of carbonyl (C=O) groups is 2. The standard InChI is InChI=1S/C29H40N2O5/c1-18(32)24(26(34)31-23(27(35)36-8)14-19-12-10-9-11-13-19)30-17-20-15-21(28(2,3)4)16-22(25(20)33)29(5,6)7/h9-13,15-18,23-24,32-33H,14H2,1-8H3,(H,31,34)/t18-,23+,24-/m0/s1. The van der Waals surface area contributed by atoms with Crippen molar-refractivity contribution in [1.82, 2.24) is 5.32 Å². The largest absolute Gasteiger partial charge is 0.507 e. The van der Waals surface area contributed by atoms with Crippen LogP contribution in [0.4, 0.5) is 0 Å². The number of aliphatic hydroxyl groups is 1. The van der Waals surface area contributed by atoms with Crippen LogP contribution in [0.3, 0.4) is 0 Å². The van der Waals surface area contributed by atoms with Gasteiger partial charge < -0.3 is 20.3 Å². The first-order valence-electron chi connectivity index (χ1n) is 12.2. The highest BCUT2D eigenvalue weighted by molar-refractivity contribution is 5.91. The van der Waals surface area contributed by atoms with Crippen LogP contribution in [0.15, 0.2) is 47.5 Å². The molecule has 196 valence electrons. The highest BCUT2D eigenvalue weighted by Gasteiger charge is 2.29. The molecule has 0 unspecified atom stereocenters. The number of carbonyl (C=O) groups excluding carboxylic acids is 2. The number of amides is 1. The van der Waals surface area contributed by atoms with Gasteiger partial charge in [0.1, 0.15) is 11.8 Å². The number of hydrogen-bond acceptors (Lipinski definition) is 6. The molecule has 0 aliphatic rings. The van der Waals surface area contributed by atoms with Crippen molar-refractivity contribution in [2.75, 3.05) is 7.11 Å². The Hall–Kier alpha value is -3.19. The molecular formula is C29H40N2O5. The first-order valence-corrected chi connectivity index (χ1v) is 12.2. The number of aliphatic hydroxyl groups excluding tert-OH is 1. The summed E-state index contributed by atoms with van der Waals surface area (Å²) in [6.07, 6.45) is 0.520. The minimum Gasteiger partial charge on any atom is -0.507 e. The average Bonchev–Trinajstić information content (AvgIpc) is 2.78. The van der Waals surface area contributed by atoms with Crippen molar-refractivity contribution in [1.29, 1.82) is 0 Å². The number of aliphatic imine (C=N–C) groups is 1. The van der Waals surface area contributed by atoms with Crippen molar-refractivity contribution in [3.05, 3.63) is 64.7 Å². The molecule has 0 heterocycles. The van der Waals surface area contributed by atoms with Gasteiger partial charge in [0.25, 0.3) is 0 Å². The fourth-order valence-electron chi connectivity index (χ4n) is 3.77. The lowest BCUT2D eigenvalue weighted by Gasteiger charge is -2.27. The van der Waals surface area contributed by atoms with Gasteiger partial charge in [-0.15, -0.1) is 0 Å². The van der Waals surface area contributed by atoms with E-state index in [9.17, 15) is 19.8 Å². The molecule has 3 N–H and O–H groups in total. The van der Waals surface area contributed by atoms with E-state index >= 15 is 0 Å². The number of nitrogens with one attached hydrogen (secondary N) is 1. The van der Waals surface area contributed by atoms with Crippen molar-refractivity contribution in [3.8, 4) is 5.75 Å². The molecule has 0 aromatic heterocycles. The van der Waals surface area contributed by atoms with Crippen molar-refractivity contribution in [2.24, 2.45) is 4.99 Å². The zero-order valence-corrected chi connectivity index (χ0v) is 22.6. The van der Waals surface area contributed by atoms with Crippen LogP contribution in [0, 0.1) is 0 Å². The summed E-state index contributed by atoms with van der Waals surface area (Å²) in [5.41, 5.74) is 2.59. The summed E-state index contributed by atoms with van der Waals surface area (Å²) >= 11 is 0. The van der Waals surface area contributed by atoms with Crippen LogP contribution in [0.25, 0.3) is 0 Å². The molecule has 0 bridgehead atoms. The molecule has 0 fully saturated rings. The maximum absolute atomic E-state index is 13.1. The number of aromatic hydroxyl groups is 1. The van der Waals surface area contributed by atoms with Crippen molar-refractivity contribution in [2.45, 2.75) is 83.9 Å².